The van der Waals surface area contributed by atoms with E-state index in [2.05, 4.69) is 24.3 Å². The highest BCUT2D eigenvalue weighted by atomic mass is 35.5. The van der Waals surface area contributed by atoms with Crippen molar-refractivity contribution in [1.29, 1.82) is 0 Å². The van der Waals surface area contributed by atoms with Crippen molar-refractivity contribution in [1.82, 2.24) is 15.1 Å². The topological polar surface area (TPSA) is 39.1 Å². The van der Waals surface area contributed by atoms with Crippen LogP contribution in [-0.4, -0.2) is 29.5 Å². The fourth-order valence-electron chi connectivity index (χ4n) is 2.05. The molecule has 0 spiro atoms. The first-order valence-electron chi connectivity index (χ1n) is 6.56. The molecule has 5 heteroatoms. The lowest BCUT2D eigenvalue weighted by Gasteiger charge is -2.17. The van der Waals surface area contributed by atoms with Gasteiger partial charge in [0.15, 0.2) is 0 Å². The molecule has 0 saturated heterocycles. The number of nitrogens with zero attached hydrogens (tertiary/aromatic N) is 2. The van der Waals surface area contributed by atoms with Gasteiger partial charge in [0.1, 0.15) is 0 Å². The molecule has 0 aliphatic carbocycles. The SMILES string of the molecule is CCCC(COC)NCc1c(Cl)c(CC)nn1C. The third-order valence-corrected chi connectivity index (χ3v) is 3.50. The fraction of sp³-hybridized carbons (Fsp3) is 0.769. The van der Waals surface area contributed by atoms with Gasteiger partial charge < -0.3 is 10.1 Å². The van der Waals surface area contributed by atoms with Crippen LogP contribution in [0.1, 0.15) is 38.1 Å². The molecule has 0 fully saturated rings. The first kappa shape index (κ1) is 15.5. The van der Waals surface area contributed by atoms with Crippen LogP contribution in [0.2, 0.25) is 5.02 Å². The van der Waals surface area contributed by atoms with Crippen molar-refractivity contribution in [3.05, 3.63) is 16.4 Å². The second kappa shape index (κ2) is 7.77. The zero-order chi connectivity index (χ0) is 13.5. The number of ether oxygens (including phenoxy) is 1. The van der Waals surface area contributed by atoms with E-state index in [9.17, 15) is 0 Å². The first-order valence-corrected chi connectivity index (χ1v) is 6.94. The number of methoxy groups -OCH3 is 1. The van der Waals surface area contributed by atoms with Crippen molar-refractivity contribution in [2.24, 2.45) is 7.05 Å². The maximum atomic E-state index is 6.31. The number of aryl methyl sites for hydroxylation is 2. The van der Waals surface area contributed by atoms with Gasteiger partial charge in [0.25, 0.3) is 0 Å². The van der Waals surface area contributed by atoms with Gasteiger partial charge in [0.2, 0.25) is 0 Å². The molecule has 1 aromatic heterocycles. The van der Waals surface area contributed by atoms with E-state index in [0.29, 0.717) is 6.04 Å². The highest BCUT2D eigenvalue weighted by Gasteiger charge is 2.14. The molecule has 0 aromatic carbocycles. The first-order chi connectivity index (χ1) is 8.63. The van der Waals surface area contributed by atoms with Gasteiger partial charge in [0.05, 0.1) is 23.0 Å². The molecule has 1 unspecified atom stereocenters. The van der Waals surface area contributed by atoms with Gasteiger partial charge in [0, 0.05) is 26.7 Å². The van der Waals surface area contributed by atoms with Gasteiger partial charge >= 0.3 is 0 Å². The summed E-state index contributed by atoms with van der Waals surface area (Å²) in [6.45, 7) is 5.70. The van der Waals surface area contributed by atoms with Crippen LogP contribution in [0.5, 0.6) is 0 Å². The van der Waals surface area contributed by atoms with Crippen LogP contribution >= 0.6 is 11.6 Å². The maximum Gasteiger partial charge on any atom is 0.0863 e. The van der Waals surface area contributed by atoms with Crippen molar-refractivity contribution in [2.75, 3.05) is 13.7 Å². The van der Waals surface area contributed by atoms with Gasteiger partial charge in [-0.05, 0) is 12.8 Å². The number of rotatable bonds is 8. The smallest absolute Gasteiger partial charge is 0.0863 e. The average molecular weight is 274 g/mol. The Morgan fingerprint density at radius 3 is 2.67 bits per heavy atom. The number of halogens is 1. The molecule has 1 atom stereocenters. The Balaban J connectivity index is 2.63. The van der Waals surface area contributed by atoms with Crippen LogP contribution in [0, 0.1) is 0 Å². The molecular weight excluding hydrogens is 250 g/mol. The minimum atomic E-state index is 0.371. The summed E-state index contributed by atoms with van der Waals surface area (Å²) < 4.78 is 7.08. The Kier molecular flexibility index (Phi) is 6.68. The molecule has 104 valence electrons. The van der Waals surface area contributed by atoms with Crippen LogP contribution in [0.15, 0.2) is 0 Å². The lowest BCUT2D eigenvalue weighted by Crippen LogP contribution is -2.33. The summed E-state index contributed by atoms with van der Waals surface area (Å²) in [7, 11) is 3.67. The number of hydrogen-bond donors (Lipinski definition) is 1. The monoisotopic (exact) mass is 273 g/mol. The van der Waals surface area contributed by atoms with Gasteiger partial charge in [-0.3, -0.25) is 4.68 Å². The maximum absolute atomic E-state index is 6.31. The van der Waals surface area contributed by atoms with E-state index in [-0.39, 0.29) is 0 Å². The van der Waals surface area contributed by atoms with Crippen LogP contribution < -0.4 is 5.32 Å². The van der Waals surface area contributed by atoms with E-state index >= 15 is 0 Å². The average Bonchev–Trinajstić information content (AvgIpc) is 2.62. The second-order valence-electron chi connectivity index (χ2n) is 4.51. The van der Waals surface area contributed by atoms with Crippen molar-refractivity contribution < 1.29 is 4.74 Å². The lowest BCUT2D eigenvalue weighted by atomic mass is 10.2. The lowest BCUT2D eigenvalue weighted by molar-refractivity contribution is 0.161. The fourth-order valence-corrected chi connectivity index (χ4v) is 2.41. The highest BCUT2D eigenvalue weighted by Crippen LogP contribution is 2.20. The number of nitrogens with one attached hydrogen (secondary N) is 1. The minimum absolute atomic E-state index is 0.371. The van der Waals surface area contributed by atoms with Crippen molar-refractivity contribution in [3.8, 4) is 0 Å². The molecule has 1 rings (SSSR count). The molecule has 1 aromatic rings. The zero-order valence-corrected chi connectivity index (χ0v) is 12.5. The predicted molar refractivity (Wildman–Crippen MR) is 75.0 cm³/mol. The predicted octanol–water partition coefficient (Wildman–Crippen LogP) is 2.54. The Hall–Kier alpha value is -0.580. The quantitative estimate of drug-likeness (QED) is 0.791. The normalized spacial score (nSPS) is 12.9. The van der Waals surface area contributed by atoms with Crippen molar-refractivity contribution in [2.45, 2.75) is 45.7 Å². The van der Waals surface area contributed by atoms with E-state index in [1.165, 1.54) is 0 Å². The molecule has 0 aliphatic rings. The van der Waals surface area contributed by atoms with E-state index in [0.717, 1.165) is 48.8 Å². The molecule has 0 saturated carbocycles. The third kappa shape index (κ3) is 3.97. The van der Waals surface area contributed by atoms with Crippen LogP contribution in [0.4, 0.5) is 0 Å². The largest absolute Gasteiger partial charge is 0.383 e. The number of hydrogen-bond acceptors (Lipinski definition) is 3. The second-order valence-corrected chi connectivity index (χ2v) is 4.88. The summed E-state index contributed by atoms with van der Waals surface area (Å²) in [5.41, 5.74) is 2.01. The molecule has 0 radical (unpaired) electrons. The van der Waals surface area contributed by atoms with E-state index in [1.807, 2.05) is 11.7 Å². The molecule has 0 bridgehead atoms. The van der Waals surface area contributed by atoms with E-state index in [4.69, 9.17) is 16.3 Å². The Morgan fingerprint density at radius 1 is 1.44 bits per heavy atom. The van der Waals surface area contributed by atoms with Crippen molar-refractivity contribution in [3.63, 3.8) is 0 Å². The summed E-state index contributed by atoms with van der Waals surface area (Å²) in [6, 6.07) is 0.371. The Labute approximate surface area is 115 Å². The molecule has 4 nitrogen and oxygen atoms in total. The summed E-state index contributed by atoms with van der Waals surface area (Å²) in [4.78, 5) is 0. The number of aromatic nitrogens is 2. The molecule has 18 heavy (non-hydrogen) atoms. The molecule has 1 N–H and O–H groups in total. The molecular formula is C13H24ClN3O. The van der Waals surface area contributed by atoms with E-state index in [1.54, 1.807) is 7.11 Å². The molecule has 0 aliphatic heterocycles. The Morgan fingerprint density at radius 2 is 2.17 bits per heavy atom. The standard InChI is InChI=1S/C13H24ClN3O/c1-5-7-10(9-18-4)15-8-12-13(14)11(6-2)16-17(12)3/h10,15H,5-9H2,1-4H3. The van der Waals surface area contributed by atoms with Crippen LogP contribution in [-0.2, 0) is 24.8 Å². The van der Waals surface area contributed by atoms with Crippen LogP contribution in [0.25, 0.3) is 0 Å². The summed E-state index contributed by atoms with van der Waals surface area (Å²) in [5, 5.41) is 8.69. The third-order valence-electron chi connectivity index (χ3n) is 3.07. The summed E-state index contributed by atoms with van der Waals surface area (Å²) >= 11 is 6.31. The Bertz CT molecular complexity index is 359. The van der Waals surface area contributed by atoms with Crippen molar-refractivity contribution >= 4 is 11.6 Å². The van der Waals surface area contributed by atoms with Gasteiger partial charge in [-0.1, -0.05) is 31.9 Å². The van der Waals surface area contributed by atoms with Crippen LogP contribution in [0.3, 0.4) is 0 Å². The summed E-state index contributed by atoms with van der Waals surface area (Å²) in [5.74, 6) is 0. The highest BCUT2D eigenvalue weighted by molar-refractivity contribution is 6.31. The van der Waals surface area contributed by atoms with Gasteiger partial charge in [-0.25, -0.2) is 0 Å². The minimum Gasteiger partial charge on any atom is -0.383 e. The molecule has 1 heterocycles. The molecule has 0 amide bonds. The van der Waals surface area contributed by atoms with Gasteiger partial charge in [-0.2, -0.15) is 5.10 Å². The van der Waals surface area contributed by atoms with E-state index < -0.39 is 0 Å². The van der Waals surface area contributed by atoms with Gasteiger partial charge in [-0.15, -0.1) is 0 Å². The zero-order valence-electron chi connectivity index (χ0n) is 11.8. The summed E-state index contributed by atoms with van der Waals surface area (Å²) in [6.07, 6.45) is 3.10.